The number of hydrogen-bond acceptors (Lipinski definition) is 2. The molecule has 1 aromatic carbocycles. The minimum Gasteiger partial charge on any atom is -0.469 e. The highest BCUT2D eigenvalue weighted by Crippen LogP contribution is 2.16. The zero-order valence-corrected chi connectivity index (χ0v) is 7.93. The number of halogens is 2. The molecule has 0 aliphatic carbocycles. The summed E-state index contributed by atoms with van der Waals surface area (Å²) in [6.07, 6.45) is -0.172. The second-order valence-electron chi connectivity index (χ2n) is 2.94. The molecule has 0 radical (unpaired) electrons. The molecule has 0 saturated heterocycles. The summed E-state index contributed by atoms with van der Waals surface area (Å²) >= 11 is 0. The fraction of sp³-hybridized carbons (Fsp3) is 0.300. The van der Waals surface area contributed by atoms with Gasteiger partial charge < -0.3 is 4.74 Å². The van der Waals surface area contributed by atoms with E-state index in [0.717, 1.165) is 6.07 Å². The molecule has 0 bridgehead atoms. The minimum atomic E-state index is -0.715. The lowest BCUT2D eigenvalue weighted by Crippen LogP contribution is -2.08. The maximum atomic E-state index is 13.2. The van der Waals surface area contributed by atoms with Crippen molar-refractivity contribution in [3.05, 3.63) is 34.9 Å². The zero-order valence-electron chi connectivity index (χ0n) is 7.93. The molecule has 76 valence electrons. The maximum absolute atomic E-state index is 13.2. The van der Waals surface area contributed by atoms with Crippen LogP contribution in [0.25, 0.3) is 0 Å². The van der Waals surface area contributed by atoms with Crippen molar-refractivity contribution < 1.29 is 18.3 Å². The van der Waals surface area contributed by atoms with Crippen LogP contribution in [0.2, 0.25) is 0 Å². The van der Waals surface area contributed by atoms with Crippen LogP contribution in [0.15, 0.2) is 12.1 Å². The number of ether oxygens (including phenoxy) is 1. The van der Waals surface area contributed by atoms with Crippen molar-refractivity contribution in [2.75, 3.05) is 7.11 Å². The number of esters is 1. The monoisotopic (exact) mass is 200 g/mol. The Balaban J connectivity index is 3.02. The average Bonchev–Trinajstić information content (AvgIpc) is 2.10. The standard InChI is InChI=1S/C10H10F2O2/c1-6-3-7(11)4-9(12)8(6)5-10(13)14-2/h3-4H,5H2,1-2H3. The first-order valence-corrected chi connectivity index (χ1v) is 4.06. The Morgan fingerprint density at radius 2 is 2.07 bits per heavy atom. The van der Waals surface area contributed by atoms with E-state index < -0.39 is 17.6 Å². The van der Waals surface area contributed by atoms with E-state index in [0.29, 0.717) is 5.56 Å². The lowest BCUT2D eigenvalue weighted by atomic mass is 10.1. The van der Waals surface area contributed by atoms with Crippen LogP contribution >= 0.6 is 0 Å². The van der Waals surface area contributed by atoms with Gasteiger partial charge in [0, 0.05) is 11.6 Å². The Kier molecular flexibility index (Phi) is 3.17. The Morgan fingerprint density at radius 1 is 1.43 bits per heavy atom. The van der Waals surface area contributed by atoms with Gasteiger partial charge in [0.05, 0.1) is 13.5 Å². The Hall–Kier alpha value is -1.45. The largest absolute Gasteiger partial charge is 0.469 e. The summed E-state index contributed by atoms with van der Waals surface area (Å²) in [5, 5.41) is 0. The Morgan fingerprint density at radius 3 is 2.57 bits per heavy atom. The molecule has 4 heteroatoms. The van der Waals surface area contributed by atoms with E-state index in [-0.39, 0.29) is 12.0 Å². The summed E-state index contributed by atoms with van der Waals surface area (Å²) < 4.78 is 30.2. The van der Waals surface area contributed by atoms with Crippen molar-refractivity contribution in [3.8, 4) is 0 Å². The number of carbonyl (C=O) groups excluding carboxylic acids is 1. The zero-order chi connectivity index (χ0) is 10.7. The van der Waals surface area contributed by atoms with Crippen LogP contribution < -0.4 is 0 Å². The van der Waals surface area contributed by atoms with Crippen molar-refractivity contribution in [2.24, 2.45) is 0 Å². The van der Waals surface area contributed by atoms with E-state index in [4.69, 9.17) is 0 Å². The van der Waals surface area contributed by atoms with Gasteiger partial charge in [-0.1, -0.05) is 0 Å². The quantitative estimate of drug-likeness (QED) is 0.682. The number of hydrogen-bond donors (Lipinski definition) is 0. The van der Waals surface area contributed by atoms with Crippen molar-refractivity contribution in [2.45, 2.75) is 13.3 Å². The Labute approximate surface area is 80.5 Å². The van der Waals surface area contributed by atoms with Crippen LogP contribution in [0.5, 0.6) is 0 Å². The van der Waals surface area contributed by atoms with Gasteiger partial charge in [0.15, 0.2) is 0 Å². The van der Waals surface area contributed by atoms with Gasteiger partial charge >= 0.3 is 5.97 Å². The van der Waals surface area contributed by atoms with E-state index in [2.05, 4.69) is 4.74 Å². The molecule has 0 aromatic heterocycles. The SMILES string of the molecule is COC(=O)Cc1c(C)cc(F)cc1F. The summed E-state index contributed by atoms with van der Waals surface area (Å²) in [6, 6.07) is 1.94. The summed E-state index contributed by atoms with van der Waals surface area (Å²) in [5.74, 6) is -1.90. The summed E-state index contributed by atoms with van der Waals surface area (Å²) in [6.45, 7) is 1.55. The normalized spacial score (nSPS) is 10.0. The van der Waals surface area contributed by atoms with E-state index in [1.165, 1.54) is 13.2 Å². The molecule has 1 rings (SSSR count). The molecule has 0 heterocycles. The van der Waals surface area contributed by atoms with E-state index in [1.807, 2.05) is 0 Å². The molecule has 1 aromatic rings. The second-order valence-corrected chi connectivity index (χ2v) is 2.94. The van der Waals surface area contributed by atoms with Gasteiger partial charge in [-0.2, -0.15) is 0 Å². The average molecular weight is 200 g/mol. The molecule has 0 N–H and O–H groups in total. The maximum Gasteiger partial charge on any atom is 0.310 e. The molecule has 2 nitrogen and oxygen atoms in total. The highest BCUT2D eigenvalue weighted by molar-refractivity contribution is 5.72. The van der Waals surface area contributed by atoms with Gasteiger partial charge in [-0.25, -0.2) is 8.78 Å². The van der Waals surface area contributed by atoms with E-state index in [9.17, 15) is 13.6 Å². The first-order chi connectivity index (χ1) is 6.54. The lowest BCUT2D eigenvalue weighted by Gasteiger charge is -2.05. The van der Waals surface area contributed by atoms with Gasteiger partial charge in [0.1, 0.15) is 11.6 Å². The number of benzene rings is 1. The van der Waals surface area contributed by atoms with Gasteiger partial charge in [0.25, 0.3) is 0 Å². The number of aryl methyl sites for hydroxylation is 1. The summed E-state index contributed by atoms with van der Waals surface area (Å²) in [7, 11) is 1.22. The molecule has 0 atom stereocenters. The third-order valence-electron chi connectivity index (χ3n) is 1.93. The minimum absolute atomic E-state index is 0.172. The van der Waals surface area contributed by atoms with Gasteiger partial charge in [-0.15, -0.1) is 0 Å². The van der Waals surface area contributed by atoms with Gasteiger partial charge in [-0.3, -0.25) is 4.79 Å². The molecule has 0 unspecified atom stereocenters. The van der Waals surface area contributed by atoms with Crippen molar-refractivity contribution in [3.63, 3.8) is 0 Å². The summed E-state index contributed by atoms with van der Waals surface area (Å²) in [5.41, 5.74) is 0.589. The van der Waals surface area contributed by atoms with Crippen LogP contribution in [0.4, 0.5) is 8.78 Å². The van der Waals surface area contributed by atoms with Crippen LogP contribution in [-0.4, -0.2) is 13.1 Å². The van der Waals surface area contributed by atoms with E-state index >= 15 is 0 Å². The number of carbonyl (C=O) groups is 1. The first-order valence-electron chi connectivity index (χ1n) is 4.06. The van der Waals surface area contributed by atoms with E-state index in [1.54, 1.807) is 6.92 Å². The fourth-order valence-corrected chi connectivity index (χ4v) is 1.17. The Bertz CT molecular complexity index is 338. The molecule has 14 heavy (non-hydrogen) atoms. The number of rotatable bonds is 2. The first kappa shape index (κ1) is 10.6. The third-order valence-corrected chi connectivity index (χ3v) is 1.93. The molecule has 0 saturated carbocycles. The smallest absolute Gasteiger partial charge is 0.310 e. The molecular formula is C10H10F2O2. The second kappa shape index (κ2) is 4.17. The van der Waals surface area contributed by atoms with Crippen LogP contribution in [0.1, 0.15) is 11.1 Å². The number of methoxy groups -OCH3 is 1. The lowest BCUT2D eigenvalue weighted by molar-refractivity contribution is -0.139. The van der Waals surface area contributed by atoms with Crippen molar-refractivity contribution in [1.82, 2.24) is 0 Å². The summed E-state index contributed by atoms with van der Waals surface area (Å²) in [4.78, 5) is 10.9. The van der Waals surface area contributed by atoms with Crippen molar-refractivity contribution >= 4 is 5.97 Å². The fourth-order valence-electron chi connectivity index (χ4n) is 1.17. The third kappa shape index (κ3) is 2.28. The molecule has 0 aliphatic rings. The van der Waals surface area contributed by atoms with Gasteiger partial charge in [-0.05, 0) is 18.6 Å². The van der Waals surface area contributed by atoms with Crippen molar-refractivity contribution in [1.29, 1.82) is 0 Å². The molecule has 0 fully saturated rings. The highest BCUT2D eigenvalue weighted by atomic mass is 19.1. The molecular weight excluding hydrogens is 190 g/mol. The van der Waals surface area contributed by atoms with Gasteiger partial charge in [0.2, 0.25) is 0 Å². The predicted molar refractivity (Wildman–Crippen MR) is 46.8 cm³/mol. The molecule has 0 amide bonds. The van der Waals surface area contributed by atoms with Crippen LogP contribution in [0, 0.1) is 18.6 Å². The molecule has 0 aliphatic heterocycles. The highest BCUT2D eigenvalue weighted by Gasteiger charge is 2.12. The van der Waals surface area contributed by atoms with Crippen LogP contribution in [0.3, 0.4) is 0 Å². The predicted octanol–water partition coefficient (Wildman–Crippen LogP) is 1.99. The van der Waals surface area contributed by atoms with Crippen LogP contribution in [-0.2, 0) is 16.0 Å². The molecule has 0 spiro atoms. The topological polar surface area (TPSA) is 26.3 Å².